The number of benzene rings is 2. The summed E-state index contributed by atoms with van der Waals surface area (Å²) in [4.78, 5) is 0. The molecule has 0 N–H and O–H groups in total. The Morgan fingerprint density at radius 1 is 0.852 bits per heavy atom. The van der Waals surface area contributed by atoms with Gasteiger partial charge in [-0.05, 0) is 17.5 Å². The van der Waals surface area contributed by atoms with E-state index < -0.39 is 0 Å². The van der Waals surface area contributed by atoms with Gasteiger partial charge in [0.2, 0.25) is 0 Å². The highest BCUT2D eigenvalue weighted by Gasteiger charge is 2.41. The first kappa shape index (κ1) is 18.2. The first-order chi connectivity index (χ1) is 13.3. The molecule has 3 nitrogen and oxygen atoms in total. The first-order valence-electron chi connectivity index (χ1n) is 9.55. The van der Waals surface area contributed by atoms with Gasteiger partial charge in [-0.2, -0.15) is 0 Å². The van der Waals surface area contributed by atoms with E-state index in [1.54, 1.807) is 7.11 Å². The van der Waals surface area contributed by atoms with Crippen molar-refractivity contribution in [3.05, 3.63) is 96.1 Å². The minimum atomic E-state index is -0.289. The molecule has 1 aliphatic carbocycles. The van der Waals surface area contributed by atoms with Crippen molar-refractivity contribution in [2.75, 3.05) is 13.7 Å². The summed E-state index contributed by atoms with van der Waals surface area (Å²) < 4.78 is 18.4. The van der Waals surface area contributed by atoms with Gasteiger partial charge < -0.3 is 14.2 Å². The van der Waals surface area contributed by atoms with E-state index in [4.69, 9.17) is 14.2 Å². The lowest BCUT2D eigenvalue weighted by molar-refractivity contribution is -0.0896. The molecule has 0 saturated carbocycles. The van der Waals surface area contributed by atoms with Crippen LogP contribution in [-0.2, 0) is 14.2 Å². The highest BCUT2D eigenvalue weighted by Crippen LogP contribution is 2.46. The van der Waals surface area contributed by atoms with Crippen LogP contribution in [0.4, 0.5) is 0 Å². The van der Waals surface area contributed by atoms with Crippen molar-refractivity contribution in [1.82, 2.24) is 0 Å². The normalized spacial score (nSPS) is 24.3. The molecule has 0 amide bonds. The Kier molecular flexibility index (Phi) is 5.53. The number of methoxy groups -OCH3 is 1. The van der Waals surface area contributed by atoms with Gasteiger partial charge in [0.1, 0.15) is 12.2 Å². The number of rotatable bonds is 6. The smallest absolute Gasteiger partial charge is 0.160 e. The molecule has 3 heteroatoms. The van der Waals surface area contributed by atoms with Gasteiger partial charge in [0, 0.05) is 18.9 Å². The van der Waals surface area contributed by atoms with Crippen LogP contribution in [-0.4, -0.2) is 20.0 Å². The van der Waals surface area contributed by atoms with Crippen LogP contribution in [0.15, 0.2) is 85.0 Å². The molecule has 0 spiro atoms. The molecule has 2 atom stereocenters. The van der Waals surface area contributed by atoms with Crippen LogP contribution in [0.3, 0.4) is 0 Å². The standard InChI is InChI=1S/C24H26O3/c1-25-18-24(15-9-4-10-16-24)17-21-26-22(19-11-5-2-6-12-19)23(27-21)20-13-7-3-8-14-20/h2-3,5-16,21-23H,4,17-18H2,1H3/t22-,23-/m1/s1. The van der Waals surface area contributed by atoms with Crippen molar-refractivity contribution in [3.63, 3.8) is 0 Å². The van der Waals surface area contributed by atoms with Crippen LogP contribution >= 0.6 is 0 Å². The highest BCUT2D eigenvalue weighted by molar-refractivity contribution is 5.26. The fourth-order valence-electron chi connectivity index (χ4n) is 4.00. The van der Waals surface area contributed by atoms with E-state index in [1.165, 1.54) is 0 Å². The van der Waals surface area contributed by atoms with Crippen LogP contribution in [0, 0.1) is 5.41 Å². The Morgan fingerprint density at radius 3 is 1.85 bits per heavy atom. The molecule has 2 aromatic carbocycles. The van der Waals surface area contributed by atoms with Gasteiger partial charge in [-0.25, -0.2) is 0 Å². The van der Waals surface area contributed by atoms with Gasteiger partial charge in [-0.1, -0.05) is 85.0 Å². The summed E-state index contributed by atoms with van der Waals surface area (Å²) >= 11 is 0. The fourth-order valence-corrected chi connectivity index (χ4v) is 4.00. The average molecular weight is 362 g/mol. The van der Waals surface area contributed by atoms with Gasteiger partial charge in [-0.15, -0.1) is 0 Å². The summed E-state index contributed by atoms with van der Waals surface area (Å²) in [5, 5.41) is 0. The molecule has 27 heavy (non-hydrogen) atoms. The Morgan fingerprint density at radius 2 is 1.37 bits per heavy atom. The molecule has 1 fully saturated rings. The molecule has 0 radical (unpaired) electrons. The van der Waals surface area contributed by atoms with Gasteiger partial charge in [0.15, 0.2) is 6.29 Å². The molecule has 4 rings (SSSR count). The van der Waals surface area contributed by atoms with Gasteiger partial charge in [0.05, 0.1) is 6.61 Å². The largest absolute Gasteiger partial charge is 0.383 e. The Hall–Kier alpha value is -2.20. The summed E-state index contributed by atoms with van der Waals surface area (Å²) in [6.07, 6.45) is 10.0. The molecule has 1 aliphatic heterocycles. The summed E-state index contributed by atoms with van der Waals surface area (Å²) in [6.45, 7) is 0.620. The SMILES string of the molecule is COCC1(CC2O[C@H](c3ccccc3)[C@@H](c3ccccc3)O2)C=CCC=C1. The number of allylic oxidation sites excluding steroid dienone is 2. The monoisotopic (exact) mass is 362 g/mol. The summed E-state index contributed by atoms with van der Waals surface area (Å²) in [5.41, 5.74) is 2.11. The Bertz CT molecular complexity index is 722. The van der Waals surface area contributed by atoms with E-state index in [-0.39, 0.29) is 23.9 Å². The quantitative estimate of drug-likeness (QED) is 0.646. The van der Waals surface area contributed by atoms with E-state index in [9.17, 15) is 0 Å². The van der Waals surface area contributed by atoms with Crippen LogP contribution in [0.5, 0.6) is 0 Å². The van der Waals surface area contributed by atoms with E-state index in [0.29, 0.717) is 6.61 Å². The van der Waals surface area contributed by atoms with E-state index in [2.05, 4.69) is 48.6 Å². The molecule has 0 unspecified atom stereocenters. The Balaban J connectivity index is 1.59. The predicted octanol–water partition coefficient (Wildman–Crippen LogP) is 5.38. The lowest BCUT2D eigenvalue weighted by Crippen LogP contribution is -2.29. The van der Waals surface area contributed by atoms with Crippen molar-refractivity contribution in [1.29, 1.82) is 0 Å². The Labute approximate surface area is 161 Å². The highest BCUT2D eigenvalue weighted by atomic mass is 16.7. The predicted molar refractivity (Wildman–Crippen MR) is 106 cm³/mol. The summed E-state index contributed by atoms with van der Waals surface area (Å²) in [5.74, 6) is 0. The molecule has 0 bridgehead atoms. The molecular formula is C24H26O3. The van der Waals surface area contributed by atoms with Crippen LogP contribution < -0.4 is 0 Å². The summed E-state index contributed by atoms with van der Waals surface area (Å²) in [7, 11) is 1.74. The van der Waals surface area contributed by atoms with Crippen molar-refractivity contribution in [2.45, 2.75) is 31.3 Å². The first-order valence-corrected chi connectivity index (χ1v) is 9.55. The molecule has 1 heterocycles. The molecule has 2 aliphatic rings. The maximum atomic E-state index is 6.44. The second-order valence-corrected chi connectivity index (χ2v) is 7.28. The zero-order chi connectivity index (χ0) is 18.5. The van der Waals surface area contributed by atoms with E-state index in [0.717, 1.165) is 24.0 Å². The van der Waals surface area contributed by atoms with Crippen molar-refractivity contribution >= 4 is 0 Å². The van der Waals surface area contributed by atoms with Crippen molar-refractivity contribution in [3.8, 4) is 0 Å². The summed E-state index contributed by atoms with van der Waals surface area (Å²) in [6, 6.07) is 20.7. The van der Waals surface area contributed by atoms with Gasteiger partial charge >= 0.3 is 0 Å². The van der Waals surface area contributed by atoms with Crippen LogP contribution in [0.25, 0.3) is 0 Å². The number of hydrogen-bond donors (Lipinski definition) is 0. The van der Waals surface area contributed by atoms with E-state index in [1.807, 2.05) is 36.4 Å². The number of ether oxygens (including phenoxy) is 3. The van der Waals surface area contributed by atoms with E-state index >= 15 is 0 Å². The third-order valence-corrected chi connectivity index (χ3v) is 5.26. The van der Waals surface area contributed by atoms with Gasteiger partial charge in [-0.3, -0.25) is 0 Å². The van der Waals surface area contributed by atoms with Crippen LogP contribution in [0.2, 0.25) is 0 Å². The fraction of sp³-hybridized carbons (Fsp3) is 0.333. The molecule has 2 aromatic rings. The molecule has 1 saturated heterocycles. The lowest BCUT2D eigenvalue weighted by Gasteiger charge is -2.30. The maximum absolute atomic E-state index is 6.44. The van der Waals surface area contributed by atoms with Crippen LogP contribution in [0.1, 0.15) is 36.2 Å². The van der Waals surface area contributed by atoms with Gasteiger partial charge in [0.25, 0.3) is 0 Å². The third kappa shape index (κ3) is 4.06. The minimum absolute atomic E-state index is 0.116. The topological polar surface area (TPSA) is 27.7 Å². The lowest BCUT2D eigenvalue weighted by atomic mass is 9.81. The van der Waals surface area contributed by atoms with Crippen molar-refractivity contribution < 1.29 is 14.2 Å². The molecule has 0 aromatic heterocycles. The molecular weight excluding hydrogens is 336 g/mol. The average Bonchev–Trinajstić information content (AvgIpc) is 3.14. The second-order valence-electron chi connectivity index (χ2n) is 7.28. The number of hydrogen-bond acceptors (Lipinski definition) is 3. The maximum Gasteiger partial charge on any atom is 0.160 e. The molecule has 140 valence electrons. The minimum Gasteiger partial charge on any atom is -0.383 e. The van der Waals surface area contributed by atoms with Crippen molar-refractivity contribution in [2.24, 2.45) is 5.41 Å². The third-order valence-electron chi connectivity index (χ3n) is 5.26. The second kappa shape index (κ2) is 8.22. The zero-order valence-electron chi connectivity index (χ0n) is 15.7. The zero-order valence-corrected chi connectivity index (χ0v) is 15.7.